The Bertz CT molecular complexity index is 910. The van der Waals surface area contributed by atoms with Crippen LogP contribution in [0.15, 0.2) is 48.5 Å². The first kappa shape index (κ1) is 16.7. The molecule has 5 nitrogen and oxygen atoms in total. The van der Waals surface area contributed by atoms with Crippen molar-refractivity contribution in [2.24, 2.45) is 0 Å². The predicted octanol–water partition coefficient (Wildman–Crippen LogP) is 3.96. The van der Waals surface area contributed by atoms with Crippen molar-refractivity contribution in [1.29, 1.82) is 0 Å². The van der Waals surface area contributed by atoms with Crippen LogP contribution in [0, 0.1) is 0 Å². The van der Waals surface area contributed by atoms with Gasteiger partial charge in [-0.05, 0) is 49.2 Å². The second-order valence-electron chi connectivity index (χ2n) is 6.47. The SMILES string of the molecule is O=C(Nc1ccc(-c2nc3ccccc3s2)cc1)C(=O)NC1CCCC1. The van der Waals surface area contributed by atoms with E-state index in [0.29, 0.717) is 5.69 Å². The van der Waals surface area contributed by atoms with Gasteiger partial charge >= 0.3 is 11.8 Å². The Morgan fingerprint density at radius 1 is 0.962 bits per heavy atom. The molecular weight excluding hydrogens is 346 g/mol. The van der Waals surface area contributed by atoms with E-state index in [4.69, 9.17) is 0 Å². The van der Waals surface area contributed by atoms with Crippen molar-refractivity contribution in [2.45, 2.75) is 31.7 Å². The number of carbonyl (C=O) groups is 2. The van der Waals surface area contributed by atoms with Crippen LogP contribution in [0.5, 0.6) is 0 Å². The first-order valence-electron chi connectivity index (χ1n) is 8.77. The van der Waals surface area contributed by atoms with Crippen LogP contribution in [0.25, 0.3) is 20.8 Å². The number of carbonyl (C=O) groups excluding carboxylic acids is 2. The van der Waals surface area contributed by atoms with Crippen molar-refractivity contribution in [3.63, 3.8) is 0 Å². The standard InChI is InChI=1S/C20H19N3O2S/c24-18(21-14-5-1-2-6-14)19(25)22-15-11-9-13(10-12-15)20-23-16-7-3-4-8-17(16)26-20/h3-4,7-12,14H,1-2,5-6H2,(H,21,24)(H,22,25). The second-order valence-corrected chi connectivity index (χ2v) is 7.50. The predicted molar refractivity (Wildman–Crippen MR) is 104 cm³/mol. The Morgan fingerprint density at radius 3 is 2.42 bits per heavy atom. The van der Waals surface area contributed by atoms with Gasteiger partial charge in [0.2, 0.25) is 0 Å². The molecule has 0 radical (unpaired) electrons. The lowest BCUT2D eigenvalue weighted by Crippen LogP contribution is -2.40. The highest BCUT2D eigenvalue weighted by molar-refractivity contribution is 7.21. The van der Waals surface area contributed by atoms with E-state index in [2.05, 4.69) is 15.6 Å². The third kappa shape index (κ3) is 3.60. The van der Waals surface area contributed by atoms with Crippen LogP contribution in [0.3, 0.4) is 0 Å². The van der Waals surface area contributed by atoms with E-state index in [9.17, 15) is 9.59 Å². The number of aromatic nitrogens is 1. The molecule has 0 unspecified atom stereocenters. The van der Waals surface area contributed by atoms with Crippen LogP contribution < -0.4 is 10.6 Å². The molecule has 26 heavy (non-hydrogen) atoms. The highest BCUT2D eigenvalue weighted by Crippen LogP contribution is 2.30. The molecule has 1 fully saturated rings. The van der Waals surface area contributed by atoms with E-state index in [1.807, 2.05) is 36.4 Å². The van der Waals surface area contributed by atoms with Gasteiger partial charge in [-0.2, -0.15) is 0 Å². The second kappa shape index (κ2) is 7.25. The minimum absolute atomic E-state index is 0.134. The van der Waals surface area contributed by atoms with Crippen LogP contribution in [-0.2, 0) is 9.59 Å². The van der Waals surface area contributed by atoms with Crippen LogP contribution in [0.1, 0.15) is 25.7 Å². The molecule has 1 saturated carbocycles. The summed E-state index contributed by atoms with van der Waals surface area (Å²) >= 11 is 1.63. The number of para-hydroxylation sites is 1. The van der Waals surface area contributed by atoms with Gasteiger partial charge in [0.15, 0.2) is 0 Å². The Kier molecular flexibility index (Phi) is 4.67. The highest BCUT2D eigenvalue weighted by Gasteiger charge is 2.21. The topological polar surface area (TPSA) is 71.1 Å². The van der Waals surface area contributed by atoms with Crippen LogP contribution in [-0.4, -0.2) is 22.8 Å². The molecule has 2 amide bonds. The number of nitrogens with zero attached hydrogens (tertiary/aromatic N) is 1. The lowest BCUT2D eigenvalue weighted by Gasteiger charge is -2.11. The van der Waals surface area contributed by atoms with E-state index in [-0.39, 0.29) is 6.04 Å². The maximum Gasteiger partial charge on any atom is 0.313 e. The van der Waals surface area contributed by atoms with Crippen molar-refractivity contribution in [1.82, 2.24) is 10.3 Å². The summed E-state index contributed by atoms with van der Waals surface area (Å²) < 4.78 is 1.14. The van der Waals surface area contributed by atoms with Gasteiger partial charge in [0.25, 0.3) is 0 Å². The Labute approximate surface area is 155 Å². The third-order valence-corrected chi connectivity index (χ3v) is 5.67. The van der Waals surface area contributed by atoms with Crippen LogP contribution in [0.2, 0.25) is 0 Å². The van der Waals surface area contributed by atoms with Crippen molar-refractivity contribution in [3.05, 3.63) is 48.5 Å². The smallest absolute Gasteiger partial charge is 0.313 e. The number of rotatable bonds is 3. The number of hydrogen-bond donors (Lipinski definition) is 2. The highest BCUT2D eigenvalue weighted by atomic mass is 32.1. The lowest BCUT2D eigenvalue weighted by atomic mass is 10.2. The van der Waals surface area contributed by atoms with E-state index < -0.39 is 11.8 Å². The Balaban J connectivity index is 1.42. The van der Waals surface area contributed by atoms with E-state index >= 15 is 0 Å². The van der Waals surface area contributed by atoms with Gasteiger partial charge in [0, 0.05) is 17.3 Å². The fourth-order valence-electron chi connectivity index (χ4n) is 3.20. The average Bonchev–Trinajstić information content (AvgIpc) is 3.31. The largest absolute Gasteiger partial charge is 0.345 e. The minimum Gasteiger partial charge on any atom is -0.345 e. The number of thiazole rings is 1. The molecule has 1 aliphatic carbocycles. The van der Waals surface area contributed by atoms with Crippen molar-refractivity contribution >= 4 is 39.1 Å². The Hall–Kier alpha value is -2.73. The average molecular weight is 365 g/mol. The number of nitrogens with one attached hydrogen (secondary N) is 2. The zero-order chi connectivity index (χ0) is 17.9. The molecule has 2 aromatic carbocycles. The minimum atomic E-state index is -0.621. The van der Waals surface area contributed by atoms with Gasteiger partial charge in [0.1, 0.15) is 5.01 Å². The maximum atomic E-state index is 12.0. The molecule has 6 heteroatoms. The fraction of sp³-hybridized carbons (Fsp3) is 0.250. The molecule has 0 saturated heterocycles. The summed E-state index contributed by atoms with van der Waals surface area (Å²) in [6, 6.07) is 15.5. The normalized spacial score (nSPS) is 14.5. The van der Waals surface area contributed by atoms with Gasteiger partial charge < -0.3 is 10.6 Å². The molecule has 0 bridgehead atoms. The van der Waals surface area contributed by atoms with Crippen molar-refractivity contribution in [3.8, 4) is 10.6 Å². The van der Waals surface area contributed by atoms with Gasteiger partial charge in [0.05, 0.1) is 10.2 Å². The maximum absolute atomic E-state index is 12.0. The Morgan fingerprint density at radius 2 is 1.69 bits per heavy atom. The number of benzene rings is 2. The molecule has 0 atom stereocenters. The zero-order valence-corrected chi connectivity index (χ0v) is 15.0. The summed E-state index contributed by atoms with van der Waals surface area (Å²) in [6.45, 7) is 0. The molecular formula is C20H19N3O2S. The van der Waals surface area contributed by atoms with Crippen molar-refractivity contribution in [2.75, 3.05) is 5.32 Å². The summed E-state index contributed by atoms with van der Waals surface area (Å²) in [5.74, 6) is -1.18. The van der Waals surface area contributed by atoms with Crippen LogP contribution >= 0.6 is 11.3 Å². The molecule has 1 aromatic heterocycles. The van der Waals surface area contributed by atoms with Crippen LogP contribution in [0.4, 0.5) is 5.69 Å². The summed E-state index contributed by atoms with van der Waals surface area (Å²) in [7, 11) is 0. The third-order valence-electron chi connectivity index (χ3n) is 4.58. The number of hydrogen-bond acceptors (Lipinski definition) is 4. The molecule has 1 heterocycles. The molecule has 3 aromatic rings. The molecule has 4 rings (SSSR count). The summed E-state index contributed by atoms with van der Waals surface area (Å²) in [5, 5.41) is 6.38. The summed E-state index contributed by atoms with van der Waals surface area (Å²) in [4.78, 5) is 28.6. The first-order valence-corrected chi connectivity index (χ1v) is 9.58. The fourth-order valence-corrected chi connectivity index (χ4v) is 4.17. The number of anilines is 1. The van der Waals surface area contributed by atoms with Gasteiger partial charge in [-0.25, -0.2) is 4.98 Å². The molecule has 0 spiro atoms. The molecule has 1 aliphatic rings. The molecule has 2 N–H and O–H groups in total. The number of amides is 2. The van der Waals surface area contributed by atoms with Gasteiger partial charge in [-0.15, -0.1) is 11.3 Å². The summed E-state index contributed by atoms with van der Waals surface area (Å²) in [5.41, 5.74) is 2.56. The van der Waals surface area contributed by atoms with E-state index in [1.165, 1.54) is 0 Å². The van der Waals surface area contributed by atoms with E-state index in [0.717, 1.165) is 46.5 Å². The van der Waals surface area contributed by atoms with E-state index in [1.54, 1.807) is 23.5 Å². The monoisotopic (exact) mass is 365 g/mol. The molecule has 132 valence electrons. The van der Waals surface area contributed by atoms with Crippen molar-refractivity contribution < 1.29 is 9.59 Å². The quantitative estimate of drug-likeness (QED) is 0.690. The zero-order valence-electron chi connectivity index (χ0n) is 14.2. The molecule has 0 aliphatic heterocycles. The lowest BCUT2D eigenvalue weighted by molar-refractivity contribution is -0.136. The number of fused-ring (bicyclic) bond motifs is 1. The first-order chi connectivity index (χ1) is 12.7. The van der Waals surface area contributed by atoms with Gasteiger partial charge in [-0.1, -0.05) is 25.0 Å². The summed E-state index contributed by atoms with van der Waals surface area (Å²) in [6.07, 6.45) is 4.13. The van der Waals surface area contributed by atoms with Gasteiger partial charge in [-0.3, -0.25) is 9.59 Å².